The van der Waals surface area contributed by atoms with Crippen LogP contribution in [0.15, 0.2) is 0 Å². The Balaban J connectivity index is 2.09. The monoisotopic (exact) mass is 92.1 g/mol. The lowest BCUT2D eigenvalue weighted by molar-refractivity contribution is 0.529. The molecule has 0 N–H and O–H groups in total. The minimum atomic E-state index is 1.29. The van der Waals surface area contributed by atoms with E-state index in [0.29, 0.717) is 0 Å². The van der Waals surface area contributed by atoms with Gasteiger partial charge in [0.15, 0.2) is 0 Å². The van der Waals surface area contributed by atoms with Crippen molar-refractivity contribution in [3.05, 3.63) is 0 Å². The molecule has 7 heavy (non-hydrogen) atoms. The fourth-order valence-corrected chi connectivity index (χ4v) is 3.40. The number of rotatable bonds is 0. The molecule has 5 saturated carbocycles. The highest BCUT2D eigenvalue weighted by Gasteiger charge is 2.88. The van der Waals surface area contributed by atoms with Gasteiger partial charge in [0.05, 0.1) is 0 Å². The molecular weight excluding hydrogens is 84.1 g/mol. The van der Waals surface area contributed by atoms with Crippen LogP contribution >= 0.6 is 0 Å². The molecule has 2 atom stereocenters. The molecule has 5 aliphatic rings. The second kappa shape index (κ2) is 0.416. The van der Waals surface area contributed by atoms with E-state index < -0.39 is 0 Å². The smallest absolute Gasteiger partial charge is 0.0312 e. The van der Waals surface area contributed by atoms with E-state index in [1.807, 2.05) is 0 Å². The molecule has 0 aromatic heterocycles. The normalized spacial score (nSPS) is 96.0. The van der Waals surface area contributed by atoms with Gasteiger partial charge in [0, 0.05) is 0 Å². The summed E-state index contributed by atoms with van der Waals surface area (Å²) in [6, 6.07) is 0. The van der Waals surface area contributed by atoms with E-state index in [4.69, 9.17) is 0 Å². The van der Waals surface area contributed by atoms with Crippen molar-refractivity contribution in [2.45, 2.75) is 6.42 Å². The van der Waals surface area contributed by atoms with Crippen molar-refractivity contribution in [1.82, 2.24) is 0 Å². The Labute approximate surface area is 42.9 Å². The largest absolute Gasteiger partial charge is 0.0465 e. The first-order valence-electron chi connectivity index (χ1n) is 3.48. The zero-order valence-electron chi connectivity index (χ0n) is 4.17. The highest BCUT2D eigenvalue weighted by molar-refractivity contribution is 5.35. The average Bonchev–Trinajstić information content (AvgIpc) is 2.43. The number of hydrogen-bond acceptors (Lipinski definition) is 0. The maximum atomic E-state index is 1.64. The predicted molar refractivity (Wildman–Crippen MR) is 25.6 cm³/mol. The van der Waals surface area contributed by atoms with Gasteiger partial charge in [0.1, 0.15) is 0 Å². The topological polar surface area (TPSA) is 0 Å². The van der Waals surface area contributed by atoms with Gasteiger partial charge in [0.25, 0.3) is 0 Å². The van der Waals surface area contributed by atoms with E-state index in [-0.39, 0.29) is 0 Å². The van der Waals surface area contributed by atoms with Crippen LogP contribution in [0.25, 0.3) is 0 Å². The maximum Gasteiger partial charge on any atom is -0.0312 e. The molecule has 5 fully saturated rings. The van der Waals surface area contributed by atoms with Crippen molar-refractivity contribution in [2.24, 2.45) is 35.5 Å². The summed E-state index contributed by atoms with van der Waals surface area (Å²) in [6.07, 6.45) is 1.64. The van der Waals surface area contributed by atoms with E-state index in [9.17, 15) is 0 Å². The van der Waals surface area contributed by atoms with Gasteiger partial charge in [-0.25, -0.2) is 0 Å². The zero-order chi connectivity index (χ0) is 4.17. The minimum absolute atomic E-state index is 1.29. The minimum Gasteiger partial charge on any atom is -0.0465 e. The van der Waals surface area contributed by atoms with E-state index in [2.05, 4.69) is 0 Å². The summed E-state index contributed by atoms with van der Waals surface area (Å²) < 4.78 is 0. The van der Waals surface area contributed by atoms with Crippen LogP contribution in [0.2, 0.25) is 0 Å². The molecule has 0 radical (unpaired) electrons. The third kappa shape index (κ3) is 0.107. The van der Waals surface area contributed by atoms with Crippen LogP contribution in [0, 0.1) is 35.5 Å². The first-order chi connectivity index (χ1) is 3.48. The Morgan fingerprint density at radius 3 is 1.57 bits per heavy atom. The molecule has 0 saturated heterocycles. The molecule has 2 unspecified atom stereocenters. The van der Waals surface area contributed by atoms with Crippen molar-refractivity contribution in [3.63, 3.8) is 0 Å². The quantitative estimate of drug-likeness (QED) is 0.420. The third-order valence-electron chi connectivity index (χ3n) is 3.82. The fraction of sp³-hybridized carbons (Fsp3) is 1.00. The summed E-state index contributed by atoms with van der Waals surface area (Å²) in [5.74, 6) is 7.86. The Morgan fingerprint density at radius 1 is 0.714 bits per heavy atom. The Kier molecular flexibility index (Phi) is 0.150. The van der Waals surface area contributed by atoms with Crippen LogP contribution in [-0.2, 0) is 0 Å². The molecule has 36 valence electrons. The van der Waals surface area contributed by atoms with E-state index in [1.54, 1.807) is 6.42 Å². The van der Waals surface area contributed by atoms with Crippen LogP contribution in [0.1, 0.15) is 6.42 Å². The second-order valence-electron chi connectivity index (χ2n) is 3.87. The Morgan fingerprint density at radius 2 is 1.29 bits per heavy atom. The zero-order valence-corrected chi connectivity index (χ0v) is 4.17. The molecule has 0 heteroatoms. The van der Waals surface area contributed by atoms with Crippen molar-refractivity contribution in [2.75, 3.05) is 0 Å². The standard InChI is InChI=1S/C7H8/c1-2-3(1)5-6-4(2)7(5)6/h2-7H,1H2. The molecule has 5 aliphatic carbocycles. The van der Waals surface area contributed by atoms with E-state index >= 15 is 0 Å². The first kappa shape index (κ1) is 2.52. The summed E-state index contributed by atoms with van der Waals surface area (Å²) in [5, 5.41) is 0. The summed E-state index contributed by atoms with van der Waals surface area (Å²) in [5.41, 5.74) is 0. The summed E-state index contributed by atoms with van der Waals surface area (Å²) in [6.45, 7) is 0. The third-order valence-corrected chi connectivity index (χ3v) is 3.82. The average molecular weight is 92.1 g/mol. The lowest BCUT2D eigenvalue weighted by Gasteiger charge is -1.94. The van der Waals surface area contributed by atoms with Gasteiger partial charge in [-0.15, -0.1) is 0 Å². The predicted octanol–water partition coefficient (Wildman–Crippen LogP) is 1.13. The molecule has 5 rings (SSSR count). The maximum absolute atomic E-state index is 1.64. The molecule has 0 nitrogen and oxygen atoms in total. The lowest BCUT2D eigenvalue weighted by atomic mass is 10.1. The molecule has 0 aliphatic heterocycles. The molecule has 0 amide bonds. The van der Waals surface area contributed by atoms with Crippen LogP contribution in [-0.4, -0.2) is 0 Å². The molecule has 0 aromatic carbocycles. The summed E-state index contributed by atoms with van der Waals surface area (Å²) in [7, 11) is 0. The summed E-state index contributed by atoms with van der Waals surface area (Å²) in [4.78, 5) is 0. The SMILES string of the molecule is C1C2C1C1C3C2C13. The molecule has 0 spiro atoms. The van der Waals surface area contributed by atoms with Crippen LogP contribution in [0.5, 0.6) is 0 Å². The fourth-order valence-electron chi connectivity index (χ4n) is 3.40. The van der Waals surface area contributed by atoms with Crippen molar-refractivity contribution >= 4 is 0 Å². The molecular formula is C7H8. The van der Waals surface area contributed by atoms with E-state index in [0.717, 1.165) is 0 Å². The van der Waals surface area contributed by atoms with Crippen LogP contribution in [0.4, 0.5) is 0 Å². The van der Waals surface area contributed by atoms with Gasteiger partial charge in [-0.2, -0.15) is 0 Å². The van der Waals surface area contributed by atoms with Gasteiger partial charge < -0.3 is 0 Å². The Bertz CT molecular complexity index is 131. The van der Waals surface area contributed by atoms with Gasteiger partial charge >= 0.3 is 0 Å². The molecule has 0 heterocycles. The first-order valence-corrected chi connectivity index (χ1v) is 3.48. The lowest BCUT2D eigenvalue weighted by Crippen LogP contribution is -1.90. The number of hydrogen-bond donors (Lipinski definition) is 0. The van der Waals surface area contributed by atoms with Crippen LogP contribution < -0.4 is 0 Å². The summed E-state index contributed by atoms with van der Waals surface area (Å²) >= 11 is 0. The molecule has 2 bridgehead atoms. The van der Waals surface area contributed by atoms with Crippen molar-refractivity contribution < 1.29 is 0 Å². The van der Waals surface area contributed by atoms with Gasteiger partial charge in [-0.05, 0) is 41.9 Å². The second-order valence-corrected chi connectivity index (χ2v) is 3.87. The van der Waals surface area contributed by atoms with Crippen LogP contribution in [0.3, 0.4) is 0 Å². The Hall–Kier alpha value is 0. The van der Waals surface area contributed by atoms with E-state index in [1.165, 1.54) is 35.5 Å². The van der Waals surface area contributed by atoms with Gasteiger partial charge in [0.2, 0.25) is 0 Å². The highest BCUT2D eigenvalue weighted by Crippen LogP contribution is 2.92. The van der Waals surface area contributed by atoms with Gasteiger partial charge in [-0.1, -0.05) is 0 Å². The van der Waals surface area contributed by atoms with Crippen molar-refractivity contribution in [1.29, 1.82) is 0 Å². The van der Waals surface area contributed by atoms with Gasteiger partial charge in [-0.3, -0.25) is 0 Å². The highest BCUT2D eigenvalue weighted by atomic mass is 14.9. The molecule has 0 aromatic rings. The van der Waals surface area contributed by atoms with Crippen molar-refractivity contribution in [3.8, 4) is 0 Å².